The maximum absolute atomic E-state index is 12.6. The highest BCUT2D eigenvalue weighted by Gasteiger charge is 2.33. The SMILES string of the molecule is CC(=O)N[C@H]1CCN(Cc2cc(N)c(C(=O)O)cc2OC(F)(F)F)C1. The maximum atomic E-state index is 12.6. The molecule has 1 heterocycles. The number of nitrogens with one attached hydrogen (secondary N) is 1. The van der Waals surface area contributed by atoms with Crippen LogP contribution in [0.2, 0.25) is 0 Å². The summed E-state index contributed by atoms with van der Waals surface area (Å²) in [5, 5.41) is 11.8. The molecule has 1 fully saturated rings. The largest absolute Gasteiger partial charge is 0.573 e. The highest BCUT2D eigenvalue weighted by Crippen LogP contribution is 2.32. The summed E-state index contributed by atoms with van der Waals surface area (Å²) in [6.45, 7) is 2.51. The summed E-state index contributed by atoms with van der Waals surface area (Å²) in [6, 6.07) is 1.87. The van der Waals surface area contributed by atoms with E-state index >= 15 is 0 Å². The molecule has 0 bridgehead atoms. The quantitative estimate of drug-likeness (QED) is 0.688. The Hall–Kier alpha value is -2.49. The summed E-state index contributed by atoms with van der Waals surface area (Å²) >= 11 is 0. The number of amides is 1. The number of carboxylic acids is 1. The number of likely N-dealkylation sites (tertiary alicyclic amines) is 1. The van der Waals surface area contributed by atoms with Crippen molar-refractivity contribution in [2.24, 2.45) is 0 Å². The molecule has 0 aromatic heterocycles. The predicted octanol–water partition coefficient (Wildman–Crippen LogP) is 1.58. The predicted molar refractivity (Wildman–Crippen MR) is 82.0 cm³/mol. The number of alkyl halides is 3. The summed E-state index contributed by atoms with van der Waals surface area (Å²) in [5.41, 5.74) is 5.16. The number of carboxylic acid groups (broad SMARTS) is 1. The molecule has 0 spiro atoms. The minimum Gasteiger partial charge on any atom is -0.478 e. The first-order valence-corrected chi connectivity index (χ1v) is 7.46. The van der Waals surface area contributed by atoms with Crippen LogP contribution in [-0.4, -0.2) is 47.4 Å². The fraction of sp³-hybridized carbons (Fsp3) is 0.467. The Bertz CT molecular complexity index is 679. The number of nitrogens with zero attached hydrogens (tertiary/aromatic N) is 1. The van der Waals surface area contributed by atoms with Crippen LogP contribution in [0.15, 0.2) is 12.1 Å². The number of carbonyl (C=O) groups excluding carboxylic acids is 1. The molecule has 1 aromatic carbocycles. The zero-order chi connectivity index (χ0) is 18.8. The first-order valence-electron chi connectivity index (χ1n) is 7.46. The molecular formula is C15H18F3N3O4. The number of hydrogen-bond donors (Lipinski definition) is 3. The molecule has 25 heavy (non-hydrogen) atoms. The average Bonchev–Trinajstić information content (AvgIpc) is 2.86. The van der Waals surface area contributed by atoms with Gasteiger partial charge in [0.05, 0.1) is 5.56 Å². The Morgan fingerprint density at radius 1 is 1.44 bits per heavy atom. The molecule has 0 unspecified atom stereocenters. The zero-order valence-corrected chi connectivity index (χ0v) is 13.4. The number of anilines is 1. The van der Waals surface area contributed by atoms with E-state index in [9.17, 15) is 22.8 Å². The number of nitrogens with two attached hydrogens (primary N) is 1. The number of nitrogen functional groups attached to an aromatic ring is 1. The lowest BCUT2D eigenvalue weighted by Crippen LogP contribution is -2.35. The van der Waals surface area contributed by atoms with Crippen LogP contribution in [0.25, 0.3) is 0 Å². The second kappa shape index (κ2) is 7.18. The number of carbonyl (C=O) groups is 2. The van der Waals surface area contributed by atoms with E-state index in [1.54, 1.807) is 0 Å². The van der Waals surface area contributed by atoms with Crippen LogP contribution in [0.3, 0.4) is 0 Å². The van der Waals surface area contributed by atoms with Gasteiger partial charge in [-0.3, -0.25) is 9.69 Å². The van der Waals surface area contributed by atoms with Gasteiger partial charge in [0.2, 0.25) is 5.91 Å². The number of benzene rings is 1. The van der Waals surface area contributed by atoms with Crippen LogP contribution < -0.4 is 15.8 Å². The van der Waals surface area contributed by atoms with Gasteiger partial charge < -0.3 is 20.9 Å². The molecule has 1 aromatic rings. The average molecular weight is 361 g/mol. The molecule has 10 heteroatoms. The molecule has 1 atom stereocenters. The second-order valence-electron chi connectivity index (χ2n) is 5.82. The summed E-state index contributed by atoms with van der Waals surface area (Å²) < 4.78 is 41.8. The van der Waals surface area contributed by atoms with Crippen molar-refractivity contribution in [3.05, 3.63) is 23.3 Å². The van der Waals surface area contributed by atoms with Crippen molar-refractivity contribution in [1.29, 1.82) is 0 Å². The lowest BCUT2D eigenvalue weighted by Gasteiger charge is -2.20. The third-order valence-electron chi connectivity index (χ3n) is 3.76. The van der Waals surface area contributed by atoms with Gasteiger partial charge in [-0.15, -0.1) is 13.2 Å². The van der Waals surface area contributed by atoms with Gasteiger partial charge in [-0.05, 0) is 18.6 Å². The number of rotatable bonds is 5. The van der Waals surface area contributed by atoms with Crippen LogP contribution in [0.4, 0.5) is 18.9 Å². The first-order chi connectivity index (χ1) is 11.5. The molecule has 138 valence electrons. The summed E-state index contributed by atoms with van der Waals surface area (Å²) in [4.78, 5) is 24.0. The minimum absolute atomic E-state index is 0.0832. The van der Waals surface area contributed by atoms with Crippen molar-refractivity contribution in [2.45, 2.75) is 32.3 Å². The minimum atomic E-state index is -4.95. The molecule has 4 N–H and O–H groups in total. The van der Waals surface area contributed by atoms with Gasteiger partial charge in [0.1, 0.15) is 5.75 Å². The van der Waals surface area contributed by atoms with Gasteiger partial charge in [0.15, 0.2) is 0 Å². The van der Waals surface area contributed by atoms with Gasteiger partial charge in [-0.2, -0.15) is 0 Å². The smallest absolute Gasteiger partial charge is 0.478 e. The van der Waals surface area contributed by atoms with Gasteiger partial charge in [-0.25, -0.2) is 4.79 Å². The van der Waals surface area contributed by atoms with Gasteiger partial charge in [-0.1, -0.05) is 0 Å². The lowest BCUT2D eigenvalue weighted by molar-refractivity contribution is -0.275. The molecule has 1 aliphatic heterocycles. The van der Waals surface area contributed by atoms with Crippen LogP contribution in [0, 0.1) is 0 Å². The van der Waals surface area contributed by atoms with E-state index in [2.05, 4.69) is 10.1 Å². The van der Waals surface area contributed by atoms with E-state index in [1.807, 2.05) is 4.90 Å². The zero-order valence-electron chi connectivity index (χ0n) is 13.4. The van der Waals surface area contributed by atoms with Crippen molar-refractivity contribution in [2.75, 3.05) is 18.8 Å². The van der Waals surface area contributed by atoms with Gasteiger partial charge >= 0.3 is 12.3 Å². The number of aromatic carboxylic acids is 1. The lowest BCUT2D eigenvalue weighted by atomic mass is 10.1. The van der Waals surface area contributed by atoms with Crippen LogP contribution in [0.1, 0.15) is 29.3 Å². The van der Waals surface area contributed by atoms with E-state index < -0.39 is 23.6 Å². The fourth-order valence-corrected chi connectivity index (χ4v) is 2.79. The molecule has 0 saturated carbocycles. The molecule has 2 rings (SSSR count). The molecule has 1 aliphatic rings. The maximum Gasteiger partial charge on any atom is 0.573 e. The van der Waals surface area contributed by atoms with Crippen molar-refractivity contribution in [3.63, 3.8) is 0 Å². The van der Waals surface area contributed by atoms with E-state index in [1.165, 1.54) is 13.0 Å². The van der Waals surface area contributed by atoms with Crippen molar-refractivity contribution < 1.29 is 32.6 Å². The Morgan fingerprint density at radius 2 is 2.12 bits per heavy atom. The van der Waals surface area contributed by atoms with Crippen molar-refractivity contribution in [1.82, 2.24) is 10.2 Å². The highest BCUT2D eigenvalue weighted by atomic mass is 19.4. The van der Waals surface area contributed by atoms with E-state index in [-0.39, 0.29) is 29.7 Å². The Balaban J connectivity index is 2.22. The molecule has 7 nitrogen and oxygen atoms in total. The third-order valence-corrected chi connectivity index (χ3v) is 3.76. The van der Waals surface area contributed by atoms with E-state index in [4.69, 9.17) is 10.8 Å². The summed E-state index contributed by atoms with van der Waals surface area (Å²) in [5.74, 6) is -2.21. The van der Waals surface area contributed by atoms with Crippen LogP contribution in [-0.2, 0) is 11.3 Å². The van der Waals surface area contributed by atoms with Gasteiger partial charge in [0.25, 0.3) is 0 Å². The van der Waals surface area contributed by atoms with Crippen LogP contribution in [0.5, 0.6) is 5.75 Å². The third kappa shape index (κ3) is 5.24. The summed E-state index contributed by atoms with van der Waals surface area (Å²) in [6.07, 6.45) is -4.29. The second-order valence-corrected chi connectivity index (χ2v) is 5.82. The number of hydrogen-bond acceptors (Lipinski definition) is 5. The van der Waals surface area contributed by atoms with Crippen LogP contribution >= 0.6 is 0 Å². The van der Waals surface area contributed by atoms with Crippen molar-refractivity contribution >= 4 is 17.6 Å². The normalized spacial score (nSPS) is 18.2. The van der Waals surface area contributed by atoms with E-state index in [0.29, 0.717) is 19.5 Å². The van der Waals surface area contributed by atoms with Crippen molar-refractivity contribution in [3.8, 4) is 5.75 Å². The molecule has 1 saturated heterocycles. The molecular weight excluding hydrogens is 343 g/mol. The Morgan fingerprint density at radius 3 is 2.68 bits per heavy atom. The highest BCUT2D eigenvalue weighted by molar-refractivity contribution is 5.94. The molecule has 0 radical (unpaired) electrons. The number of halogens is 3. The topological polar surface area (TPSA) is 105 Å². The summed E-state index contributed by atoms with van der Waals surface area (Å²) in [7, 11) is 0. The Labute approximate surface area is 141 Å². The monoisotopic (exact) mass is 361 g/mol. The molecule has 1 amide bonds. The number of ether oxygens (including phenoxy) is 1. The first kappa shape index (κ1) is 18.8. The van der Waals surface area contributed by atoms with Gasteiger partial charge in [0, 0.05) is 43.9 Å². The molecule has 0 aliphatic carbocycles. The van der Waals surface area contributed by atoms with E-state index in [0.717, 1.165) is 6.07 Å². The standard InChI is InChI=1S/C15H18F3N3O4/c1-8(22)20-10-2-3-21(7-10)6-9-4-12(19)11(14(23)24)5-13(9)25-15(16,17)18/h4-5,10H,2-3,6-7,19H2,1H3,(H,20,22)(H,23,24)/t10-/m0/s1. The Kier molecular flexibility index (Phi) is 5.41. The fourth-order valence-electron chi connectivity index (χ4n) is 2.79.